The Labute approximate surface area is 56.3 Å². The number of hydrogen-bond donors (Lipinski definition) is 1. The van der Waals surface area contributed by atoms with Crippen LogP contribution in [0, 0.1) is 5.92 Å². The Balaban J connectivity index is 3.25. The van der Waals surface area contributed by atoms with Crippen molar-refractivity contribution < 1.29 is 0 Å². The number of hydrogen-bond acceptors (Lipinski definition) is 2. The molecule has 0 aromatic heterocycles. The first-order valence-electron chi connectivity index (χ1n) is 2.88. The molecule has 0 fully saturated rings. The summed E-state index contributed by atoms with van der Waals surface area (Å²) in [5.41, 5.74) is 5.28. The third-order valence-corrected chi connectivity index (χ3v) is 1.20. The highest BCUT2D eigenvalue weighted by Crippen LogP contribution is 1.99. The summed E-state index contributed by atoms with van der Waals surface area (Å²) in [5.74, 6) is 0.658. The monoisotopic (exact) mass is 131 g/mol. The van der Waals surface area contributed by atoms with Gasteiger partial charge in [0.25, 0.3) is 0 Å². The van der Waals surface area contributed by atoms with Crippen molar-refractivity contribution in [2.75, 3.05) is 6.54 Å². The maximum absolute atomic E-state index is 5.28. The van der Waals surface area contributed by atoms with Gasteiger partial charge < -0.3 is 5.73 Å². The lowest BCUT2D eigenvalue weighted by atomic mass is 10.1. The van der Waals surface area contributed by atoms with Crippen LogP contribution in [-0.2, 0) is 0 Å². The topological polar surface area (TPSA) is 26.0 Å². The van der Waals surface area contributed by atoms with Crippen molar-refractivity contribution in [1.29, 1.82) is 0 Å². The highest BCUT2D eigenvalue weighted by molar-refractivity contribution is 7.80. The molecule has 0 aliphatic rings. The zero-order valence-electron chi connectivity index (χ0n) is 5.48. The van der Waals surface area contributed by atoms with Gasteiger partial charge in [-0.1, -0.05) is 26.1 Å². The molecule has 0 saturated heterocycles. The summed E-state index contributed by atoms with van der Waals surface area (Å²) < 4.78 is 0. The summed E-state index contributed by atoms with van der Waals surface area (Å²) in [6.07, 6.45) is 0.992. The van der Waals surface area contributed by atoms with Crippen molar-refractivity contribution in [3.63, 3.8) is 0 Å². The van der Waals surface area contributed by atoms with Gasteiger partial charge in [0.1, 0.15) is 0 Å². The van der Waals surface area contributed by atoms with E-state index in [-0.39, 0.29) is 0 Å². The summed E-state index contributed by atoms with van der Waals surface area (Å²) in [5, 5.41) is 0. The molecule has 2 heteroatoms. The van der Waals surface area contributed by atoms with Crippen molar-refractivity contribution in [2.24, 2.45) is 11.7 Å². The average Bonchev–Trinajstić information content (AvgIpc) is 1.65. The van der Waals surface area contributed by atoms with Gasteiger partial charge in [-0.05, 0) is 12.3 Å². The highest BCUT2D eigenvalue weighted by atomic mass is 32.1. The average molecular weight is 131 g/mol. The number of nitrogens with two attached hydrogens (primary N) is 1. The Morgan fingerprint density at radius 3 is 2.25 bits per heavy atom. The van der Waals surface area contributed by atoms with Gasteiger partial charge in [-0.25, -0.2) is 0 Å². The Hall–Kier alpha value is 0.0500. The Morgan fingerprint density at radius 2 is 2.12 bits per heavy atom. The van der Waals surface area contributed by atoms with Crippen molar-refractivity contribution in [3.8, 4) is 0 Å². The largest absolute Gasteiger partial charge is 0.326 e. The summed E-state index contributed by atoms with van der Waals surface area (Å²) >= 11 is 4.91. The smallest absolute Gasteiger partial charge is 0.0242 e. The predicted molar refractivity (Wildman–Crippen MR) is 41.1 cm³/mol. The summed E-state index contributed by atoms with van der Waals surface area (Å²) in [7, 11) is 0. The molecular formula is C6H13NS. The molecule has 0 aliphatic heterocycles. The minimum atomic E-state index is 0.563. The molecule has 0 atom stereocenters. The Morgan fingerprint density at radius 1 is 1.62 bits per heavy atom. The maximum atomic E-state index is 5.28. The van der Waals surface area contributed by atoms with E-state index in [9.17, 15) is 0 Å². The SMILES string of the molecule is CC(C)CC(=S)CN. The summed E-state index contributed by atoms with van der Waals surface area (Å²) in [6, 6.07) is 0. The number of rotatable bonds is 3. The molecule has 0 saturated carbocycles. The molecule has 0 aromatic rings. The standard InChI is InChI=1S/C6H13NS/c1-5(2)3-6(8)4-7/h5H,3-4,7H2,1-2H3. The van der Waals surface area contributed by atoms with E-state index in [1.54, 1.807) is 0 Å². The number of thiocarbonyl (C=S) groups is 1. The fraction of sp³-hybridized carbons (Fsp3) is 0.833. The third-order valence-electron chi connectivity index (χ3n) is 0.864. The molecule has 0 aromatic carbocycles. The molecule has 0 radical (unpaired) electrons. The van der Waals surface area contributed by atoms with E-state index < -0.39 is 0 Å². The lowest BCUT2D eigenvalue weighted by molar-refractivity contribution is 0.685. The van der Waals surface area contributed by atoms with E-state index >= 15 is 0 Å². The molecular weight excluding hydrogens is 118 g/mol. The van der Waals surface area contributed by atoms with Crippen molar-refractivity contribution in [3.05, 3.63) is 0 Å². The summed E-state index contributed by atoms with van der Waals surface area (Å²) in [6.45, 7) is 4.84. The highest BCUT2D eigenvalue weighted by Gasteiger charge is 1.96. The maximum Gasteiger partial charge on any atom is 0.0242 e. The second-order valence-electron chi connectivity index (χ2n) is 2.34. The quantitative estimate of drug-likeness (QED) is 0.585. The van der Waals surface area contributed by atoms with E-state index in [4.69, 9.17) is 18.0 Å². The zero-order valence-corrected chi connectivity index (χ0v) is 6.29. The second kappa shape index (κ2) is 3.98. The lowest BCUT2D eigenvalue weighted by Gasteiger charge is -2.01. The molecule has 48 valence electrons. The fourth-order valence-corrected chi connectivity index (χ4v) is 0.872. The van der Waals surface area contributed by atoms with E-state index in [1.165, 1.54) is 0 Å². The zero-order chi connectivity index (χ0) is 6.57. The van der Waals surface area contributed by atoms with E-state index in [2.05, 4.69) is 13.8 Å². The van der Waals surface area contributed by atoms with Crippen LogP contribution in [0.15, 0.2) is 0 Å². The first-order valence-corrected chi connectivity index (χ1v) is 3.29. The van der Waals surface area contributed by atoms with Gasteiger partial charge in [0, 0.05) is 11.4 Å². The van der Waals surface area contributed by atoms with Gasteiger partial charge in [-0.3, -0.25) is 0 Å². The van der Waals surface area contributed by atoms with Gasteiger partial charge in [0.15, 0.2) is 0 Å². The van der Waals surface area contributed by atoms with Crippen LogP contribution in [0.5, 0.6) is 0 Å². The molecule has 0 bridgehead atoms. The first kappa shape index (κ1) is 8.05. The molecule has 0 unspecified atom stereocenters. The minimum Gasteiger partial charge on any atom is -0.326 e. The first-order chi connectivity index (χ1) is 3.66. The van der Waals surface area contributed by atoms with E-state index in [0.29, 0.717) is 12.5 Å². The molecule has 2 N–H and O–H groups in total. The van der Waals surface area contributed by atoms with Crippen molar-refractivity contribution in [2.45, 2.75) is 20.3 Å². The van der Waals surface area contributed by atoms with Gasteiger partial charge in [-0.15, -0.1) is 0 Å². The molecule has 8 heavy (non-hydrogen) atoms. The van der Waals surface area contributed by atoms with Crippen molar-refractivity contribution in [1.82, 2.24) is 0 Å². The van der Waals surface area contributed by atoms with E-state index in [1.807, 2.05) is 0 Å². The molecule has 0 heterocycles. The normalized spacial score (nSPS) is 10.0. The second-order valence-corrected chi connectivity index (χ2v) is 2.92. The van der Waals surface area contributed by atoms with E-state index in [0.717, 1.165) is 11.3 Å². The van der Waals surface area contributed by atoms with Gasteiger partial charge in [0.05, 0.1) is 0 Å². The van der Waals surface area contributed by atoms with Crippen LogP contribution in [0.1, 0.15) is 20.3 Å². The van der Waals surface area contributed by atoms with Gasteiger partial charge in [-0.2, -0.15) is 0 Å². The van der Waals surface area contributed by atoms with Crippen LogP contribution in [0.3, 0.4) is 0 Å². The predicted octanol–water partition coefficient (Wildman–Crippen LogP) is 1.36. The molecule has 1 nitrogen and oxygen atoms in total. The van der Waals surface area contributed by atoms with Gasteiger partial charge in [0.2, 0.25) is 0 Å². The van der Waals surface area contributed by atoms with Crippen molar-refractivity contribution >= 4 is 17.1 Å². The summed E-state index contributed by atoms with van der Waals surface area (Å²) in [4.78, 5) is 0.986. The van der Waals surface area contributed by atoms with Crippen LogP contribution < -0.4 is 5.73 Å². The van der Waals surface area contributed by atoms with Crippen LogP contribution in [0.25, 0.3) is 0 Å². The lowest BCUT2D eigenvalue weighted by Crippen LogP contribution is -2.12. The van der Waals surface area contributed by atoms with Crippen LogP contribution >= 0.6 is 12.2 Å². The Bertz CT molecular complexity index is 78.6. The minimum absolute atomic E-state index is 0.563. The fourth-order valence-electron chi connectivity index (χ4n) is 0.539. The molecule has 0 rings (SSSR count). The Kier molecular flexibility index (Phi) is 4.01. The van der Waals surface area contributed by atoms with Gasteiger partial charge >= 0.3 is 0 Å². The molecule has 0 aliphatic carbocycles. The van der Waals surface area contributed by atoms with Crippen LogP contribution in [-0.4, -0.2) is 11.4 Å². The molecule has 0 amide bonds. The molecule has 0 spiro atoms. The van der Waals surface area contributed by atoms with Crippen LogP contribution in [0.2, 0.25) is 0 Å². The third kappa shape index (κ3) is 4.22. The van der Waals surface area contributed by atoms with Crippen LogP contribution in [0.4, 0.5) is 0 Å².